The summed E-state index contributed by atoms with van der Waals surface area (Å²) >= 11 is 0. The average molecular weight is 360 g/mol. The Labute approximate surface area is 158 Å². The van der Waals surface area contributed by atoms with Crippen LogP contribution in [0.25, 0.3) is 0 Å². The molecule has 0 N–H and O–H groups in total. The minimum Gasteiger partial charge on any atom is -0.489 e. The molecule has 0 saturated heterocycles. The van der Waals surface area contributed by atoms with Gasteiger partial charge in [-0.25, -0.2) is 0 Å². The van der Waals surface area contributed by atoms with Gasteiger partial charge in [-0.05, 0) is 42.2 Å². The average Bonchev–Trinajstić information content (AvgIpc) is 3.19. The molecule has 1 aliphatic carbocycles. The van der Waals surface area contributed by atoms with E-state index in [2.05, 4.69) is 4.99 Å². The maximum atomic E-state index is 12.0. The first-order valence-electron chi connectivity index (χ1n) is 8.99. The first kappa shape index (κ1) is 17.2. The van der Waals surface area contributed by atoms with Crippen LogP contribution in [-0.2, 0) is 20.9 Å². The zero-order valence-corrected chi connectivity index (χ0v) is 15.1. The summed E-state index contributed by atoms with van der Waals surface area (Å²) in [6.07, 6.45) is 9.78. The monoisotopic (exact) mass is 360 g/mol. The van der Waals surface area contributed by atoms with Crippen molar-refractivity contribution in [3.63, 3.8) is 0 Å². The zero-order chi connectivity index (χ0) is 18.8. The van der Waals surface area contributed by atoms with Gasteiger partial charge >= 0.3 is 0 Å². The van der Waals surface area contributed by atoms with E-state index in [-0.39, 0.29) is 17.9 Å². The van der Waals surface area contributed by atoms with Crippen LogP contribution in [0.2, 0.25) is 0 Å². The highest BCUT2D eigenvalue weighted by molar-refractivity contribution is 6.15. The molecule has 2 amide bonds. The van der Waals surface area contributed by atoms with Crippen LogP contribution in [0.4, 0.5) is 0 Å². The van der Waals surface area contributed by atoms with Gasteiger partial charge in [0.1, 0.15) is 12.4 Å². The van der Waals surface area contributed by atoms with Gasteiger partial charge in [0, 0.05) is 24.4 Å². The number of imide groups is 1. The number of carbonyl (C=O) groups is 2. The molecule has 5 nitrogen and oxygen atoms in total. The van der Waals surface area contributed by atoms with Crippen molar-refractivity contribution in [3.8, 4) is 0 Å². The van der Waals surface area contributed by atoms with E-state index in [0.717, 1.165) is 22.5 Å². The quantitative estimate of drug-likeness (QED) is 0.733. The van der Waals surface area contributed by atoms with Crippen molar-refractivity contribution in [1.29, 1.82) is 0 Å². The Kier molecular flexibility index (Phi) is 4.59. The van der Waals surface area contributed by atoms with Gasteiger partial charge in [0.15, 0.2) is 0 Å². The molecule has 0 aromatic heterocycles. The van der Waals surface area contributed by atoms with Gasteiger partial charge in [-0.3, -0.25) is 19.5 Å². The lowest BCUT2D eigenvalue weighted by molar-refractivity contribution is -0.137. The fraction of sp³-hybridized carbons (Fsp3) is 0.227. The van der Waals surface area contributed by atoms with Crippen molar-refractivity contribution in [3.05, 3.63) is 82.7 Å². The first-order chi connectivity index (χ1) is 13.1. The highest BCUT2D eigenvalue weighted by Crippen LogP contribution is 2.29. The lowest BCUT2D eigenvalue weighted by atomic mass is 9.97. The lowest BCUT2D eigenvalue weighted by Gasteiger charge is -2.17. The molecule has 136 valence electrons. The Balaban J connectivity index is 1.43. The van der Waals surface area contributed by atoms with Crippen molar-refractivity contribution in [1.82, 2.24) is 4.90 Å². The van der Waals surface area contributed by atoms with Crippen LogP contribution in [0.15, 0.2) is 82.1 Å². The summed E-state index contributed by atoms with van der Waals surface area (Å²) in [5, 5.41) is 0. The Hall–Kier alpha value is -3.21. The molecular formula is C22H20N2O3. The Morgan fingerprint density at radius 1 is 1.15 bits per heavy atom. The molecule has 27 heavy (non-hydrogen) atoms. The van der Waals surface area contributed by atoms with E-state index in [4.69, 9.17) is 4.74 Å². The minimum atomic E-state index is -0.236. The van der Waals surface area contributed by atoms with Gasteiger partial charge < -0.3 is 4.74 Å². The van der Waals surface area contributed by atoms with Crippen LogP contribution in [0.3, 0.4) is 0 Å². The Bertz CT molecular complexity index is 936. The molecule has 2 heterocycles. The number of ether oxygens (including phenoxy) is 1. The molecule has 0 fully saturated rings. The van der Waals surface area contributed by atoms with Crippen LogP contribution in [0.1, 0.15) is 18.9 Å². The van der Waals surface area contributed by atoms with E-state index in [1.54, 1.807) is 6.92 Å². The molecule has 1 unspecified atom stereocenters. The van der Waals surface area contributed by atoms with Crippen molar-refractivity contribution >= 4 is 18.0 Å². The van der Waals surface area contributed by atoms with Crippen molar-refractivity contribution in [2.75, 3.05) is 6.54 Å². The number of carbonyl (C=O) groups excluding carboxylic acids is 2. The fourth-order valence-electron chi connectivity index (χ4n) is 3.36. The molecule has 1 aromatic carbocycles. The Morgan fingerprint density at radius 3 is 2.70 bits per heavy atom. The summed E-state index contributed by atoms with van der Waals surface area (Å²) in [6, 6.07) is 10.0. The molecule has 2 aliphatic heterocycles. The second-order valence-corrected chi connectivity index (χ2v) is 6.76. The van der Waals surface area contributed by atoms with Crippen LogP contribution < -0.4 is 0 Å². The summed E-state index contributed by atoms with van der Waals surface area (Å²) in [6.45, 7) is 2.54. The second-order valence-electron chi connectivity index (χ2n) is 6.76. The molecular weight excluding hydrogens is 340 g/mol. The molecule has 5 heteroatoms. The van der Waals surface area contributed by atoms with Crippen molar-refractivity contribution < 1.29 is 14.3 Å². The van der Waals surface area contributed by atoms with E-state index >= 15 is 0 Å². The predicted octanol–water partition coefficient (Wildman–Crippen LogP) is 3.11. The number of benzene rings is 1. The molecule has 0 saturated carbocycles. The first-order valence-corrected chi connectivity index (χ1v) is 8.99. The van der Waals surface area contributed by atoms with E-state index in [0.29, 0.717) is 25.1 Å². The molecule has 3 aliphatic rings. The van der Waals surface area contributed by atoms with Crippen molar-refractivity contribution in [2.45, 2.75) is 26.0 Å². The van der Waals surface area contributed by atoms with Gasteiger partial charge in [0.2, 0.25) is 0 Å². The van der Waals surface area contributed by atoms with E-state index in [9.17, 15) is 9.59 Å². The normalized spacial score (nSPS) is 20.9. The topological polar surface area (TPSA) is 59.0 Å². The summed E-state index contributed by atoms with van der Waals surface area (Å²) in [5.41, 5.74) is 3.71. The van der Waals surface area contributed by atoms with Gasteiger partial charge in [0.25, 0.3) is 11.8 Å². The van der Waals surface area contributed by atoms with E-state index < -0.39 is 0 Å². The molecule has 1 atom stereocenters. The highest BCUT2D eigenvalue weighted by atomic mass is 16.5. The van der Waals surface area contributed by atoms with E-state index in [1.165, 1.54) is 11.0 Å². The van der Waals surface area contributed by atoms with Crippen LogP contribution in [0.5, 0.6) is 0 Å². The van der Waals surface area contributed by atoms with Crippen LogP contribution in [0, 0.1) is 0 Å². The molecule has 4 rings (SSSR count). The summed E-state index contributed by atoms with van der Waals surface area (Å²) in [5.74, 6) is 0.350. The van der Waals surface area contributed by atoms with E-state index in [1.807, 2.05) is 54.8 Å². The smallest absolute Gasteiger partial charge is 0.256 e. The molecule has 0 bridgehead atoms. The summed E-state index contributed by atoms with van der Waals surface area (Å²) < 4.78 is 5.91. The zero-order valence-electron chi connectivity index (χ0n) is 15.1. The van der Waals surface area contributed by atoms with Gasteiger partial charge in [-0.15, -0.1) is 0 Å². The summed E-state index contributed by atoms with van der Waals surface area (Å²) in [7, 11) is 0. The molecule has 0 radical (unpaired) electrons. The Morgan fingerprint density at radius 2 is 1.96 bits per heavy atom. The largest absolute Gasteiger partial charge is 0.489 e. The number of hydrogen-bond acceptors (Lipinski definition) is 4. The lowest BCUT2D eigenvalue weighted by Crippen LogP contribution is -2.32. The fourth-order valence-corrected chi connectivity index (χ4v) is 3.36. The number of rotatable bonds is 6. The highest BCUT2D eigenvalue weighted by Gasteiger charge is 2.29. The SMILES string of the molecule is CC1=CC(=O)N(CCC2=C3C=C(OCc4ccccc4)C=CC3N=C2)C1=O. The van der Waals surface area contributed by atoms with Gasteiger partial charge in [-0.2, -0.15) is 0 Å². The predicted molar refractivity (Wildman–Crippen MR) is 103 cm³/mol. The third kappa shape index (κ3) is 3.53. The van der Waals surface area contributed by atoms with Crippen LogP contribution in [-0.4, -0.2) is 35.5 Å². The third-order valence-electron chi connectivity index (χ3n) is 4.86. The molecule has 1 aromatic rings. The number of amides is 2. The standard InChI is InChI=1S/C22H20N2O3/c1-15-11-21(25)24(22(15)26)10-9-17-13-23-20-8-7-18(12-19(17)20)27-14-16-5-3-2-4-6-16/h2-8,11-13,20H,9-10,14H2,1H3. The maximum Gasteiger partial charge on any atom is 0.256 e. The van der Waals surface area contributed by atoms with Crippen LogP contribution >= 0.6 is 0 Å². The maximum absolute atomic E-state index is 12.0. The number of nitrogens with zero attached hydrogens (tertiary/aromatic N) is 2. The van der Waals surface area contributed by atoms with Gasteiger partial charge in [-0.1, -0.05) is 36.4 Å². The third-order valence-corrected chi connectivity index (χ3v) is 4.86. The second kappa shape index (κ2) is 7.19. The summed E-state index contributed by atoms with van der Waals surface area (Å²) in [4.78, 5) is 29.7. The minimum absolute atomic E-state index is 0.00563. The van der Waals surface area contributed by atoms with Gasteiger partial charge in [0.05, 0.1) is 6.04 Å². The molecule has 0 spiro atoms. The number of allylic oxidation sites excluding steroid dienone is 1. The number of aliphatic imine (C=N–C) groups is 1. The number of fused-ring (bicyclic) bond motifs is 1. The van der Waals surface area contributed by atoms with Crippen molar-refractivity contribution in [2.24, 2.45) is 4.99 Å². The number of hydrogen-bond donors (Lipinski definition) is 0.